The van der Waals surface area contributed by atoms with Crippen LogP contribution in [-0.2, 0) is 23.0 Å². The first-order valence-electron chi connectivity index (χ1n) is 13.7. The zero-order valence-electron chi connectivity index (χ0n) is 22.9. The molecule has 1 amide bonds. The molecule has 0 saturated carbocycles. The topological polar surface area (TPSA) is 111 Å². The minimum Gasteiger partial charge on any atom is -0.390 e. The number of benzene rings is 3. The maximum atomic E-state index is 13.6. The normalized spacial score (nSPS) is 16.1. The molecule has 11 heteroatoms. The molecule has 8 nitrogen and oxygen atoms in total. The van der Waals surface area contributed by atoms with Crippen LogP contribution in [0.4, 0.5) is 11.4 Å². The number of anilines is 2. The minimum absolute atomic E-state index is 0.0925. The van der Waals surface area contributed by atoms with Crippen LogP contribution in [0.3, 0.4) is 0 Å². The predicted octanol–water partition coefficient (Wildman–Crippen LogP) is 5.07. The van der Waals surface area contributed by atoms with E-state index in [0.29, 0.717) is 49.4 Å². The molecule has 220 valence electrons. The highest BCUT2D eigenvalue weighted by Crippen LogP contribution is 2.28. The Morgan fingerprint density at radius 2 is 1.73 bits per heavy atom. The minimum atomic E-state index is -3.45. The van der Waals surface area contributed by atoms with Crippen molar-refractivity contribution in [2.45, 2.75) is 44.9 Å². The number of halogens is 2. The zero-order chi connectivity index (χ0) is 29.4. The molecule has 0 radical (unpaired) electrons. The van der Waals surface area contributed by atoms with Crippen molar-refractivity contribution in [2.24, 2.45) is 0 Å². The molecule has 2 atom stereocenters. The van der Waals surface area contributed by atoms with E-state index in [-0.39, 0.29) is 18.2 Å². The molecule has 1 fully saturated rings. The fraction of sp³-hybridized carbons (Fsp3) is 0.367. The van der Waals surface area contributed by atoms with E-state index in [1.54, 1.807) is 18.2 Å². The van der Waals surface area contributed by atoms with Gasteiger partial charge in [-0.2, -0.15) is 0 Å². The second-order valence-electron chi connectivity index (χ2n) is 10.1. The number of aliphatic hydroxyl groups is 1. The summed E-state index contributed by atoms with van der Waals surface area (Å²) in [6.07, 6.45) is 0.943. The molecule has 3 aromatic rings. The second-order valence-corrected chi connectivity index (χ2v) is 14.0. The van der Waals surface area contributed by atoms with Gasteiger partial charge in [-0.3, -0.25) is 9.10 Å². The third kappa shape index (κ3) is 9.02. The van der Waals surface area contributed by atoms with Crippen molar-refractivity contribution in [1.82, 2.24) is 10.6 Å². The van der Waals surface area contributed by atoms with Crippen molar-refractivity contribution >= 4 is 59.2 Å². The number of carbonyl (C=O) groups is 1. The summed E-state index contributed by atoms with van der Waals surface area (Å²) in [5.74, 6) is -0.286. The Labute approximate surface area is 259 Å². The first-order valence-corrected chi connectivity index (χ1v) is 16.9. The number of carbonyl (C=O) groups excluding carboxylic acids is 1. The molecule has 1 heterocycles. The smallest absolute Gasteiger partial charge is 0.251 e. The van der Waals surface area contributed by atoms with Crippen LogP contribution in [0.15, 0.2) is 75.7 Å². The first kappa shape index (κ1) is 31.5. The van der Waals surface area contributed by atoms with Gasteiger partial charge in [0.25, 0.3) is 5.91 Å². The van der Waals surface area contributed by atoms with E-state index in [9.17, 15) is 18.3 Å². The Hall–Kier alpha value is -2.44. The van der Waals surface area contributed by atoms with Crippen LogP contribution in [-0.4, -0.2) is 57.0 Å². The highest BCUT2D eigenvalue weighted by molar-refractivity contribution is 9.11. The van der Waals surface area contributed by atoms with E-state index in [1.807, 2.05) is 55.5 Å². The fourth-order valence-corrected chi connectivity index (χ4v) is 7.91. The van der Waals surface area contributed by atoms with Crippen LogP contribution < -0.4 is 20.3 Å². The van der Waals surface area contributed by atoms with Crippen molar-refractivity contribution in [1.29, 1.82) is 0 Å². The molecule has 1 aliphatic rings. The van der Waals surface area contributed by atoms with Crippen LogP contribution in [0.5, 0.6) is 0 Å². The van der Waals surface area contributed by atoms with E-state index in [0.717, 1.165) is 26.5 Å². The number of hydrogen-bond acceptors (Lipinski definition) is 6. The molecule has 0 bridgehead atoms. The summed E-state index contributed by atoms with van der Waals surface area (Å²) in [5.41, 5.74) is 3.49. The Morgan fingerprint density at radius 3 is 2.41 bits per heavy atom. The van der Waals surface area contributed by atoms with E-state index < -0.39 is 22.2 Å². The molecule has 41 heavy (non-hydrogen) atoms. The molecule has 0 aromatic heterocycles. The van der Waals surface area contributed by atoms with Gasteiger partial charge >= 0.3 is 0 Å². The van der Waals surface area contributed by atoms with Gasteiger partial charge < -0.3 is 21.1 Å². The van der Waals surface area contributed by atoms with Crippen molar-refractivity contribution in [2.75, 3.05) is 35.0 Å². The van der Waals surface area contributed by atoms with Crippen molar-refractivity contribution in [3.63, 3.8) is 0 Å². The lowest BCUT2D eigenvalue weighted by Gasteiger charge is -2.29. The number of nitrogens with zero attached hydrogens (tertiary/aromatic N) is 1. The van der Waals surface area contributed by atoms with Gasteiger partial charge in [0.05, 0.1) is 23.6 Å². The molecule has 4 N–H and O–H groups in total. The number of sulfonamides is 1. The fourth-order valence-electron chi connectivity index (χ4n) is 4.89. The van der Waals surface area contributed by atoms with Crippen molar-refractivity contribution in [3.8, 4) is 0 Å². The van der Waals surface area contributed by atoms with E-state index in [4.69, 9.17) is 0 Å². The van der Waals surface area contributed by atoms with Gasteiger partial charge in [-0.05, 0) is 73.7 Å². The van der Waals surface area contributed by atoms with Crippen LogP contribution in [0.1, 0.15) is 41.3 Å². The maximum absolute atomic E-state index is 13.6. The SMILES string of the molecule is CCNc1cc(C(=O)N[C@@H](Cc2ccccc2)[C@H](O)CNCc2cc(Br)cc(Br)c2)cc(N2CCCCS2(=O)=O)c1. The summed E-state index contributed by atoms with van der Waals surface area (Å²) in [6, 6.07) is 20.2. The number of amides is 1. The van der Waals surface area contributed by atoms with E-state index >= 15 is 0 Å². The Bertz CT molecular complexity index is 1420. The van der Waals surface area contributed by atoms with Gasteiger partial charge in [0.2, 0.25) is 10.0 Å². The molecule has 1 aliphatic heterocycles. The Morgan fingerprint density at radius 1 is 1.00 bits per heavy atom. The highest BCUT2D eigenvalue weighted by Gasteiger charge is 2.28. The van der Waals surface area contributed by atoms with Gasteiger partial charge in [0, 0.05) is 46.4 Å². The van der Waals surface area contributed by atoms with Gasteiger partial charge in [-0.1, -0.05) is 62.2 Å². The molecular formula is C30H36Br2N4O4S. The summed E-state index contributed by atoms with van der Waals surface area (Å²) in [6.45, 7) is 3.74. The number of rotatable bonds is 12. The maximum Gasteiger partial charge on any atom is 0.251 e. The largest absolute Gasteiger partial charge is 0.390 e. The average Bonchev–Trinajstić information content (AvgIpc) is 2.92. The molecule has 0 spiro atoms. The second kappa shape index (κ2) is 14.6. The third-order valence-corrected chi connectivity index (χ3v) is 9.67. The van der Waals surface area contributed by atoms with Crippen LogP contribution in [0, 0.1) is 0 Å². The first-order chi connectivity index (χ1) is 19.6. The van der Waals surface area contributed by atoms with Gasteiger partial charge in [0.15, 0.2) is 0 Å². The zero-order valence-corrected chi connectivity index (χ0v) is 26.9. The lowest BCUT2D eigenvalue weighted by molar-refractivity contribution is 0.0830. The van der Waals surface area contributed by atoms with E-state index in [1.165, 1.54) is 4.31 Å². The van der Waals surface area contributed by atoms with Crippen LogP contribution in [0.2, 0.25) is 0 Å². The monoisotopic (exact) mass is 706 g/mol. The van der Waals surface area contributed by atoms with Gasteiger partial charge in [-0.25, -0.2) is 8.42 Å². The van der Waals surface area contributed by atoms with Crippen LogP contribution in [0.25, 0.3) is 0 Å². The summed E-state index contributed by atoms with van der Waals surface area (Å²) < 4.78 is 28.9. The quantitative estimate of drug-likeness (QED) is 0.210. The lowest BCUT2D eigenvalue weighted by atomic mass is 10.00. The third-order valence-electron chi connectivity index (χ3n) is 6.88. The lowest BCUT2D eigenvalue weighted by Crippen LogP contribution is -2.48. The average molecular weight is 709 g/mol. The summed E-state index contributed by atoms with van der Waals surface area (Å²) in [7, 11) is -3.45. The molecule has 0 unspecified atom stereocenters. The molecule has 4 rings (SSSR count). The summed E-state index contributed by atoms with van der Waals surface area (Å²) in [5, 5.41) is 20.8. The molecular weight excluding hydrogens is 672 g/mol. The van der Waals surface area contributed by atoms with E-state index in [2.05, 4.69) is 47.8 Å². The highest BCUT2D eigenvalue weighted by atomic mass is 79.9. The number of nitrogens with one attached hydrogen (secondary N) is 3. The Balaban J connectivity index is 1.53. The van der Waals surface area contributed by atoms with Crippen molar-refractivity contribution < 1.29 is 18.3 Å². The summed E-state index contributed by atoms with van der Waals surface area (Å²) in [4.78, 5) is 13.6. The predicted molar refractivity (Wildman–Crippen MR) is 172 cm³/mol. The number of hydrogen-bond donors (Lipinski definition) is 4. The molecule has 3 aromatic carbocycles. The molecule has 1 saturated heterocycles. The van der Waals surface area contributed by atoms with Gasteiger partial charge in [-0.15, -0.1) is 0 Å². The summed E-state index contributed by atoms with van der Waals surface area (Å²) >= 11 is 7.00. The van der Waals surface area contributed by atoms with Crippen molar-refractivity contribution in [3.05, 3.63) is 92.4 Å². The number of aliphatic hydroxyl groups excluding tert-OH is 1. The van der Waals surface area contributed by atoms with Crippen LogP contribution >= 0.6 is 31.9 Å². The van der Waals surface area contributed by atoms with Gasteiger partial charge in [0.1, 0.15) is 0 Å². The molecule has 0 aliphatic carbocycles. The standard InChI is InChI=1S/C30H36Br2N4O4S/c1-2-34-26-15-23(16-27(18-26)36-10-6-7-11-41(36,39)40)30(38)35-28(14-21-8-4-3-5-9-21)29(37)20-33-19-22-12-24(31)17-25(32)13-22/h3-5,8-9,12-13,15-18,28-29,33-34,37H,2,6-7,10-11,14,19-20H2,1H3,(H,35,38)/t28-,29+/m0/s1. The Kier molecular flexibility index (Phi) is 11.2.